The summed E-state index contributed by atoms with van der Waals surface area (Å²) in [5.74, 6) is -0.360. The summed E-state index contributed by atoms with van der Waals surface area (Å²) >= 11 is 2.52. The summed E-state index contributed by atoms with van der Waals surface area (Å²) in [5.41, 5.74) is 3.32. The van der Waals surface area contributed by atoms with Crippen LogP contribution in [0.1, 0.15) is 27.9 Å². The van der Waals surface area contributed by atoms with Crippen LogP contribution in [0.4, 0.5) is 5.13 Å². The summed E-state index contributed by atoms with van der Waals surface area (Å²) in [6.45, 7) is 4.15. The third-order valence-electron chi connectivity index (χ3n) is 4.66. The molecular weight excluding hydrogens is 444 g/mol. The molecule has 0 saturated carbocycles. The Labute approximate surface area is 193 Å². The highest BCUT2D eigenvalue weighted by molar-refractivity contribution is 7.99. The maximum absolute atomic E-state index is 13.3. The number of H-pyrrole nitrogens is 1. The van der Waals surface area contributed by atoms with Crippen LogP contribution in [0.15, 0.2) is 59.8 Å². The highest BCUT2D eigenvalue weighted by Gasteiger charge is 2.24. The first kappa shape index (κ1) is 22.0. The molecule has 0 aliphatic carbocycles. The summed E-state index contributed by atoms with van der Waals surface area (Å²) in [4.78, 5) is 39.8. The number of para-hydroxylation sites is 2. The Kier molecular flexibility index (Phi) is 6.87. The van der Waals surface area contributed by atoms with E-state index in [4.69, 9.17) is 4.74 Å². The first-order valence-corrected chi connectivity index (χ1v) is 11.9. The number of rotatable bonds is 8. The molecule has 1 amide bonds. The van der Waals surface area contributed by atoms with Crippen molar-refractivity contribution in [2.24, 2.45) is 0 Å². The van der Waals surface area contributed by atoms with Crippen LogP contribution in [0.3, 0.4) is 0 Å². The third-order valence-corrected chi connectivity index (χ3v) is 6.68. The first-order valence-electron chi connectivity index (χ1n) is 10.1. The molecule has 4 rings (SSSR count). The zero-order valence-corrected chi connectivity index (χ0v) is 19.3. The smallest absolute Gasteiger partial charge is 0.350 e. The minimum atomic E-state index is -0.419. The van der Waals surface area contributed by atoms with Gasteiger partial charge in [-0.1, -0.05) is 65.6 Å². The number of carbonyl (C=O) groups excluding carboxylic acids is 2. The number of thioether (sulfide) groups is 1. The minimum absolute atomic E-state index is 0.122. The number of aryl methyl sites for hydroxylation is 1. The maximum atomic E-state index is 13.3. The fraction of sp³-hybridized carbons (Fsp3) is 0.217. The Morgan fingerprint density at radius 1 is 1.09 bits per heavy atom. The van der Waals surface area contributed by atoms with Crippen molar-refractivity contribution >= 4 is 51.1 Å². The second-order valence-electron chi connectivity index (χ2n) is 6.94. The lowest BCUT2D eigenvalue weighted by Gasteiger charge is -2.19. The molecule has 1 N–H and O–H groups in total. The number of amides is 1. The van der Waals surface area contributed by atoms with E-state index in [1.807, 2.05) is 54.6 Å². The molecule has 0 atom stereocenters. The molecule has 7 nitrogen and oxygen atoms in total. The van der Waals surface area contributed by atoms with Crippen LogP contribution < -0.4 is 4.90 Å². The SMILES string of the molecule is CCOC(=O)c1sc(N(Cc2ccccc2)C(=O)CSc2nc3ccccc3[nH]2)nc1C. The van der Waals surface area contributed by atoms with Crippen LogP contribution in [0, 0.1) is 6.92 Å². The van der Waals surface area contributed by atoms with Crippen molar-refractivity contribution in [1.29, 1.82) is 0 Å². The second-order valence-corrected chi connectivity index (χ2v) is 8.89. The Morgan fingerprint density at radius 3 is 2.59 bits per heavy atom. The first-order chi connectivity index (χ1) is 15.5. The maximum Gasteiger partial charge on any atom is 0.350 e. The van der Waals surface area contributed by atoms with Gasteiger partial charge in [0.2, 0.25) is 5.91 Å². The van der Waals surface area contributed by atoms with E-state index in [1.165, 1.54) is 23.1 Å². The number of benzene rings is 2. The summed E-state index contributed by atoms with van der Waals surface area (Å²) in [6, 6.07) is 17.4. The van der Waals surface area contributed by atoms with Crippen molar-refractivity contribution in [3.8, 4) is 0 Å². The number of hydrogen-bond donors (Lipinski definition) is 1. The molecule has 0 unspecified atom stereocenters. The van der Waals surface area contributed by atoms with Crippen LogP contribution in [0.2, 0.25) is 0 Å². The van der Waals surface area contributed by atoms with Crippen molar-refractivity contribution in [2.45, 2.75) is 25.5 Å². The Morgan fingerprint density at radius 2 is 1.84 bits per heavy atom. The highest BCUT2D eigenvalue weighted by atomic mass is 32.2. The molecular formula is C23H22N4O3S2. The number of nitrogens with zero attached hydrogens (tertiary/aromatic N) is 3. The van der Waals surface area contributed by atoms with Gasteiger partial charge in [-0.25, -0.2) is 14.8 Å². The van der Waals surface area contributed by atoms with E-state index < -0.39 is 5.97 Å². The van der Waals surface area contributed by atoms with Crippen molar-refractivity contribution < 1.29 is 14.3 Å². The average Bonchev–Trinajstić information content (AvgIpc) is 3.39. The standard InChI is InChI=1S/C23H22N4O3S2/c1-3-30-21(29)20-15(2)24-23(32-20)27(13-16-9-5-4-6-10-16)19(28)14-31-22-25-17-11-7-8-12-18(17)26-22/h4-12H,3,13-14H2,1-2H3,(H,25,26). The van der Waals surface area contributed by atoms with Gasteiger partial charge in [0.25, 0.3) is 0 Å². The summed E-state index contributed by atoms with van der Waals surface area (Å²) in [6.07, 6.45) is 0. The van der Waals surface area contributed by atoms with E-state index in [-0.39, 0.29) is 18.3 Å². The monoisotopic (exact) mass is 466 g/mol. The summed E-state index contributed by atoms with van der Waals surface area (Å²) in [7, 11) is 0. The normalized spacial score (nSPS) is 10.9. The molecule has 0 aliphatic rings. The number of imidazole rings is 1. The van der Waals surface area contributed by atoms with Crippen LogP contribution in [-0.4, -0.2) is 39.2 Å². The number of ether oxygens (including phenoxy) is 1. The van der Waals surface area contributed by atoms with Crippen molar-refractivity contribution in [1.82, 2.24) is 15.0 Å². The zero-order valence-electron chi connectivity index (χ0n) is 17.7. The summed E-state index contributed by atoms with van der Waals surface area (Å²) in [5, 5.41) is 1.16. The molecule has 4 aromatic rings. The largest absolute Gasteiger partial charge is 0.462 e. The molecule has 2 aromatic carbocycles. The molecule has 32 heavy (non-hydrogen) atoms. The average molecular weight is 467 g/mol. The van der Waals surface area contributed by atoms with Gasteiger partial charge in [0.15, 0.2) is 10.3 Å². The number of carbonyl (C=O) groups is 2. The molecule has 0 fully saturated rings. The molecule has 2 aromatic heterocycles. The van der Waals surface area contributed by atoms with E-state index in [0.29, 0.717) is 27.4 Å². The molecule has 0 aliphatic heterocycles. The predicted octanol–water partition coefficient (Wildman–Crippen LogP) is 4.83. The number of thiazole rings is 1. The van der Waals surface area contributed by atoms with Crippen LogP contribution >= 0.6 is 23.1 Å². The summed E-state index contributed by atoms with van der Waals surface area (Å²) < 4.78 is 5.13. The van der Waals surface area contributed by atoms with Crippen LogP contribution in [0.25, 0.3) is 11.0 Å². The lowest BCUT2D eigenvalue weighted by molar-refractivity contribution is -0.116. The molecule has 0 radical (unpaired) electrons. The van der Waals surface area contributed by atoms with Crippen molar-refractivity contribution in [3.05, 3.63) is 70.7 Å². The van der Waals surface area contributed by atoms with E-state index >= 15 is 0 Å². The molecule has 0 saturated heterocycles. The molecule has 0 spiro atoms. The van der Waals surface area contributed by atoms with Crippen molar-refractivity contribution in [2.75, 3.05) is 17.3 Å². The van der Waals surface area contributed by atoms with Gasteiger partial charge in [-0.3, -0.25) is 9.69 Å². The Balaban J connectivity index is 1.56. The van der Waals surface area contributed by atoms with Gasteiger partial charge < -0.3 is 9.72 Å². The van der Waals surface area contributed by atoms with Gasteiger partial charge in [-0.05, 0) is 31.5 Å². The van der Waals surface area contributed by atoms with Gasteiger partial charge >= 0.3 is 5.97 Å². The fourth-order valence-electron chi connectivity index (χ4n) is 3.12. The molecule has 0 bridgehead atoms. The lowest BCUT2D eigenvalue weighted by atomic mass is 10.2. The van der Waals surface area contributed by atoms with E-state index in [2.05, 4.69) is 15.0 Å². The number of aromatic amines is 1. The van der Waals surface area contributed by atoms with E-state index in [0.717, 1.165) is 16.6 Å². The minimum Gasteiger partial charge on any atom is -0.462 e. The molecule has 164 valence electrons. The predicted molar refractivity (Wildman–Crippen MR) is 127 cm³/mol. The lowest BCUT2D eigenvalue weighted by Crippen LogP contribution is -2.31. The Bertz CT molecular complexity index is 1200. The van der Waals surface area contributed by atoms with Crippen molar-refractivity contribution in [3.63, 3.8) is 0 Å². The Hall–Kier alpha value is -3.17. The number of hydrogen-bond acceptors (Lipinski definition) is 7. The number of anilines is 1. The van der Waals surface area contributed by atoms with Gasteiger partial charge in [0.1, 0.15) is 4.88 Å². The fourth-order valence-corrected chi connectivity index (χ4v) is 4.86. The zero-order chi connectivity index (χ0) is 22.5. The molecule has 2 heterocycles. The topological polar surface area (TPSA) is 88.2 Å². The van der Waals surface area contributed by atoms with Gasteiger partial charge in [-0.15, -0.1) is 0 Å². The van der Waals surface area contributed by atoms with Gasteiger partial charge in [0, 0.05) is 0 Å². The van der Waals surface area contributed by atoms with Crippen LogP contribution in [-0.2, 0) is 16.1 Å². The number of aromatic nitrogens is 3. The third kappa shape index (κ3) is 5.00. The number of fused-ring (bicyclic) bond motifs is 1. The van der Waals surface area contributed by atoms with Gasteiger partial charge in [-0.2, -0.15) is 0 Å². The number of esters is 1. The van der Waals surface area contributed by atoms with Gasteiger partial charge in [0.05, 0.1) is 35.6 Å². The highest BCUT2D eigenvalue weighted by Crippen LogP contribution is 2.29. The van der Waals surface area contributed by atoms with E-state index in [1.54, 1.807) is 18.7 Å². The van der Waals surface area contributed by atoms with E-state index in [9.17, 15) is 9.59 Å². The second kappa shape index (κ2) is 9.97. The van der Waals surface area contributed by atoms with Crippen LogP contribution in [0.5, 0.6) is 0 Å². The number of nitrogens with one attached hydrogen (secondary N) is 1. The molecule has 9 heteroatoms. The quantitative estimate of drug-likeness (QED) is 0.296.